The Hall–Kier alpha value is -1.82. The van der Waals surface area contributed by atoms with Gasteiger partial charge in [0.1, 0.15) is 23.9 Å². The van der Waals surface area contributed by atoms with Crippen molar-refractivity contribution in [2.45, 2.75) is 11.9 Å². The van der Waals surface area contributed by atoms with Crippen LogP contribution in [-0.4, -0.2) is 19.2 Å². The number of aromatic nitrogens is 1. The van der Waals surface area contributed by atoms with E-state index in [-0.39, 0.29) is 12.4 Å². The van der Waals surface area contributed by atoms with Crippen molar-refractivity contribution in [3.8, 4) is 17.2 Å². The van der Waals surface area contributed by atoms with Crippen molar-refractivity contribution in [2.75, 3.05) is 14.2 Å². The summed E-state index contributed by atoms with van der Waals surface area (Å²) >= 11 is 3.29. The summed E-state index contributed by atoms with van der Waals surface area (Å²) in [5.41, 5.74) is 1.39. The van der Waals surface area contributed by atoms with Crippen molar-refractivity contribution in [1.29, 1.82) is 0 Å². The van der Waals surface area contributed by atoms with Crippen LogP contribution in [0.25, 0.3) is 0 Å². The molecule has 0 N–H and O–H groups in total. The molecule has 0 aliphatic carbocycles. The normalized spacial score (nSPS) is 10.3. The monoisotopic (exact) mass is 355 g/mol. The molecule has 1 heterocycles. The van der Waals surface area contributed by atoms with Crippen LogP contribution in [0.5, 0.6) is 17.2 Å². The van der Waals surface area contributed by atoms with Crippen molar-refractivity contribution in [2.24, 2.45) is 0 Å². The minimum Gasteiger partial charge on any atom is -0.493 e. The zero-order valence-electron chi connectivity index (χ0n) is 11.7. The van der Waals surface area contributed by atoms with Gasteiger partial charge in [0, 0.05) is 23.7 Å². The minimum absolute atomic E-state index is 0.158. The van der Waals surface area contributed by atoms with Gasteiger partial charge in [-0.3, -0.25) is 4.98 Å². The standard InChI is InChI=1S/C15H15BrFNO3/c1-19-14-3-4-18-13(15(14)20-2)9-21-12-6-10(8-16)5-11(17)7-12/h3-7H,8-9H2,1-2H3. The molecule has 1 aromatic carbocycles. The molecule has 0 spiro atoms. The molecule has 4 nitrogen and oxygen atoms in total. The molecular formula is C15H15BrFNO3. The molecule has 0 saturated carbocycles. The zero-order valence-corrected chi connectivity index (χ0v) is 13.3. The third kappa shape index (κ3) is 3.85. The molecule has 112 valence electrons. The van der Waals surface area contributed by atoms with Gasteiger partial charge in [0.05, 0.1) is 14.2 Å². The summed E-state index contributed by atoms with van der Waals surface area (Å²) in [5, 5.41) is 0.557. The van der Waals surface area contributed by atoms with Crippen LogP contribution in [0.2, 0.25) is 0 Å². The maximum Gasteiger partial charge on any atom is 0.185 e. The molecular weight excluding hydrogens is 341 g/mol. The first-order valence-electron chi connectivity index (χ1n) is 6.22. The Labute approximate surface area is 131 Å². The Morgan fingerprint density at radius 3 is 2.67 bits per heavy atom. The van der Waals surface area contributed by atoms with Crippen LogP contribution in [-0.2, 0) is 11.9 Å². The van der Waals surface area contributed by atoms with E-state index in [1.807, 2.05) is 0 Å². The summed E-state index contributed by atoms with van der Waals surface area (Å²) in [7, 11) is 3.09. The number of ether oxygens (including phenoxy) is 3. The van der Waals surface area contributed by atoms with Gasteiger partial charge in [-0.25, -0.2) is 4.39 Å². The van der Waals surface area contributed by atoms with E-state index in [0.29, 0.717) is 28.3 Å². The highest BCUT2D eigenvalue weighted by atomic mass is 79.9. The maximum absolute atomic E-state index is 13.4. The van der Waals surface area contributed by atoms with Gasteiger partial charge in [-0.05, 0) is 17.7 Å². The van der Waals surface area contributed by atoms with Crippen molar-refractivity contribution >= 4 is 15.9 Å². The molecule has 0 unspecified atom stereocenters. The van der Waals surface area contributed by atoms with Gasteiger partial charge < -0.3 is 14.2 Å². The number of pyridine rings is 1. The fourth-order valence-corrected chi connectivity index (χ4v) is 2.21. The van der Waals surface area contributed by atoms with Gasteiger partial charge in [-0.15, -0.1) is 0 Å². The molecule has 2 aromatic rings. The van der Waals surface area contributed by atoms with Gasteiger partial charge >= 0.3 is 0 Å². The molecule has 2 rings (SSSR count). The topological polar surface area (TPSA) is 40.6 Å². The lowest BCUT2D eigenvalue weighted by Crippen LogP contribution is -2.03. The molecule has 0 atom stereocenters. The van der Waals surface area contributed by atoms with Gasteiger partial charge in [-0.1, -0.05) is 15.9 Å². The molecule has 0 aliphatic rings. The largest absolute Gasteiger partial charge is 0.493 e. The van der Waals surface area contributed by atoms with Crippen LogP contribution >= 0.6 is 15.9 Å². The number of nitrogens with zero attached hydrogens (tertiary/aromatic N) is 1. The van der Waals surface area contributed by atoms with Gasteiger partial charge in [0.2, 0.25) is 0 Å². The lowest BCUT2D eigenvalue weighted by molar-refractivity contribution is 0.283. The molecule has 0 amide bonds. The second-order valence-corrected chi connectivity index (χ2v) is 4.77. The Morgan fingerprint density at radius 1 is 1.19 bits per heavy atom. The number of benzene rings is 1. The average Bonchev–Trinajstić information content (AvgIpc) is 2.51. The van der Waals surface area contributed by atoms with E-state index >= 15 is 0 Å². The lowest BCUT2D eigenvalue weighted by atomic mass is 10.2. The Balaban J connectivity index is 2.18. The average molecular weight is 356 g/mol. The van der Waals surface area contributed by atoms with Crippen LogP contribution in [0.3, 0.4) is 0 Å². The smallest absolute Gasteiger partial charge is 0.185 e. The van der Waals surface area contributed by atoms with E-state index in [0.717, 1.165) is 5.56 Å². The van der Waals surface area contributed by atoms with Crippen LogP contribution in [0, 0.1) is 5.82 Å². The predicted molar refractivity (Wildman–Crippen MR) is 80.7 cm³/mol. The lowest BCUT2D eigenvalue weighted by Gasteiger charge is -2.12. The van der Waals surface area contributed by atoms with E-state index < -0.39 is 0 Å². The summed E-state index contributed by atoms with van der Waals surface area (Å²) in [5.74, 6) is 1.19. The summed E-state index contributed by atoms with van der Waals surface area (Å²) in [6.07, 6.45) is 1.61. The Bertz CT molecular complexity index is 622. The van der Waals surface area contributed by atoms with Crippen molar-refractivity contribution in [1.82, 2.24) is 4.98 Å². The number of hydrogen-bond acceptors (Lipinski definition) is 4. The van der Waals surface area contributed by atoms with E-state index in [2.05, 4.69) is 20.9 Å². The predicted octanol–water partition coefficient (Wildman–Crippen LogP) is 3.71. The Kier molecular flexibility index (Phi) is 5.38. The molecule has 1 aromatic heterocycles. The first-order chi connectivity index (χ1) is 10.2. The summed E-state index contributed by atoms with van der Waals surface area (Å²) in [6.45, 7) is 0.158. The van der Waals surface area contributed by atoms with Crippen LogP contribution in [0.4, 0.5) is 4.39 Å². The number of methoxy groups -OCH3 is 2. The molecule has 0 bridgehead atoms. The van der Waals surface area contributed by atoms with Gasteiger partial charge in [0.15, 0.2) is 11.5 Å². The van der Waals surface area contributed by atoms with E-state index in [1.54, 1.807) is 25.4 Å². The van der Waals surface area contributed by atoms with Gasteiger partial charge in [-0.2, -0.15) is 0 Å². The fraction of sp³-hybridized carbons (Fsp3) is 0.267. The van der Waals surface area contributed by atoms with Gasteiger partial charge in [0.25, 0.3) is 0 Å². The molecule has 0 saturated heterocycles. The minimum atomic E-state index is -0.340. The third-order valence-corrected chi connectivity index (χ3v) is 3.47. The summed E-state index contributed by atoms with van der Waals surface area (Å²) < 4.78 is 29.5. The number of hydrogen-bond donors (Lipinski definition) is 0. The van der Waals surface area contributed by atoms with Crippen LogP contribution in [0.1, 0.15) is 11.3 Å². The van der Waals surface area contributed by atoms with E-state index in [1.165, 1.54) is 19.2 Å². The molecule has 6 heteroatoms. The molecule has 0 radical (unpaired) electrons. The summed E-state index contributed by atoms with van der Waals surface area (Å²) in [4.78, 5) is 4.21. The van der Waals surface area contributed by atoms with Crippen molar-refractivity contribution < 1.29 is 18.6 Å². The Morgan fingerprint density at radius 2 is 2.00 bits per heavy atom. The van der Waals surface area contributed by atoms with Crippen molar-refractivity contribution in [3.05, 3.63) is 47.5 Å². The molecule has 0 aliphatic heterocycles. The maximum atomic E-state index is 13.4. The number of alkyl halides is 1. The van der Waals surface area contributed by atoms with Crippen LogP contribution in [0.15, 0.2) is 30.5 Å². The summed E-state index contributed by atoms with van der Waals surface area (Å²) in [6, 6.07) is 6.25. The quantitative estimate of drug-likeness (QED) is 0.740. The van der Waals surface area contributed by atoms with E-state index in [9.17, 15) is 4.39 Å². The van der Waals surface area contributed by atoms with Crippen LogP contribution < -0.4 is 14.2 Å². The number of halogens is 2. The molecule has 0 fully saturated rings. The SMILES string of the molecule is COc1ccnc(COc2cc(F)cc(CBr)c2)c1OC. The van der Waals surface area contributed by atoms with Crippen molar-refractivity contribution in [3.63, 3.8) is 0 Å². The fourth-order valence-electron chi connectivity index (χ4n) is 1.89. The first-order valence-corrected chi connectivity index (χ1v) is 7.34. The second-order valence-electron chi connectivity index (χ2n) is 4.21. The third-order valence-electron chi connectivity index (χ3n) is 2.83. The highest BCUT2D eigenvalue weighted by Gasteiger charge is 2.12. The zero-order chi connectivity index (χ0) is 15.2. The highest BCUT2D eigenvalue weighted by Crippen LogP contribution is 2.30. The van der Waals surface area contributed by atoms with E-state index in [4.69, 9.17) is 14.2 Å². The highest BCUT2D eigenvalue weighted by molar-refractivity contribution is 9.08. The second kappa shape index (κ2) is 7.26. The first kappa shape index (κ1) is 15.6. The number of rotatable bonds is 6. The molecule has 21 heavy (non-hydrogen) atoms.